The number of carbonyl (C=O) groups excluding carboxylic acids is 2. The number of anilines is 1. The summed E-state index contributed by atoms with van der Waals surface area (Å²) in [5.41, 5.74) is 0.313. The molecule has 0 heterocycles. The zero-order chi connectivity index (χ0) is 22.3. The number of hydrogen-bond donors (Lipinski definition) is 1. The van der Waals surface area contributed by atoms with E-state index in [1.807, 2.05) is 13.8 Å². The molecule has 0 aromatic heterocycles. The minimum absolute atomic E-state index is 0.0243. The lowest BCUT2D eigenvalue weighted by molar-refractivity contribution is -0.148. The maximum atomic E-state index is 13.6. The smallest absolute Gasteiger partial charge is 0.331 e. The lowest BCUT2D eigenvalue weighted by Gasteiger charge is -2.14. The predicted octanol–water partition coefficient (Wildman–Crippen LogP) is 4.34. The van der Waals surface area contributed by atoms with E-state index in [2.05, 4.69) is 5.32 Å². The molecule has 2 aromatic rings. The fourth-order valence-corrected chi connectivity index (χ4v) is 2.40. The quantitative estimate of drug-likeness (QED) is 0.509. The van der Waals surface area contributed by atoms with Crippen molar-refractivity contribution in [1.82, 2.24) is 0 Å². The molecule has 0 aliphatic heterocycles. The van der Waals surface area contributed by atoms with Crippen LogP contribution in [-0.2, 0) is 14.3 Å². The van der Waals surface area contributed by atoms with Crippen molar-refractivity contribution in [2.45, 2.75) is 33.0 Å². The van der Waals surface area contributed by atoms with E-state index in [0.29, 0.717) is 17.1 Å². The first-order valence-corrected chi connectivity index (χ1v) is 9.19. The number of rotatable bonds is 8. The second-order valence-corrected chi connectivity index (χ2v) is 6.60. The zero-order valence-corrected chi connectivity index (χ0v) is 17.1. The van der Waals surface area contributed by atoms with Gasteiger partial charge >= 0.3 is 5.97 Å². The molecule has 0 saturated heterocycles. The Labute approximate surface area is 173 Å². The molecule has 0 radical (unpaired) electrons. The number of carbonyl (C=O) groups is 2. The van der Waals surface area contributed by atoms with Gasteiger partial charge in [0.1, 0.15) is 11.6 Å². The maximum Gasteiger partial charge on any atom is 0.331 e. The van der Waals surface area contributed by atoms with Gasteiger partial charge in [0.15, 0.2) is 17.6 Å². The number of hydrogen-bond acceptors (Lipinski definition) is 5. The predicted molar refractivity (Wildman–Crippen MR) is 108 cm³/mol. The summed E-state index contributed by atoms with van der Waals surface area (Å²) in [4.78, 5) is 24.1. The summed E-state index contributed by atoms with van der Waals surface area (Å²) in [5, 5.41) is 2.18. The topological polar surface area (TPSA) is 73.9 Å². The summed E-state index contributed by atoms with van der Waals surface area (Å²) in [7, 11) is 1.51. The standard InChI is InChI=1S/C22H23F2NO5/c1-13(2)29-19-9-5-15(11-20(19)28-4)6-10-21(26)30-14(3)22(27)25-18-12-16(23)7-8-17(18)24/h5-14H,1-4H3,(H,25,27)/b10-6+/t14-/m1/s1. The van der Waals surface area contributed by atoms with Crippen molar-refractivity contribution in [2.24, 2.45) is 0 Å². The Bertz CT molecular complexity index is 943. The number of esters is 1. The van der Waals surface area contributed by atoms with Crippen LogP contribution in [0.3, 0.4) is 0 Å². The van der Waals surface area contributed by atoms with Crippen LogP contribution in [0.25, 0.3) is 6.08 Å². The van der Waals surface area contributed by atoms with Crippen LogP contribution >= 0.6 is 0 Å². The van der Waals surface area contributed by atoms with Gasteiger partial charge in [0.2, 0.25) is 0 Å². The van der Waals surface area contributed by atoms with Gasteiger partial charge in [-0.05, 0) is 56.7 Å². The number of halogens is 2. The van der Waals surface area contributed by atoms with Crippen LogP contribution in [0.4, 0.5) is 14.5 Å². The highest BCUT2D eigenvalue weighted by Crippen LogP contribution is 2.29. The first kappa shape index (κ1) is 22.9. The lowest BCUT2D eigenvalue weighted by atomic mass is 10.2. The van der Waals surface area contributed by atoms with E-state index in [9.17, 15) is 18.4 Å². The number of methoxy groups -OCH3 is 1. The fraction of sp³-hybridized carbons (Fsp3) is 0.273. The van der Waals surface area contributed by atoms with Gasteiger partial charge in [-0.3, -0.25) is 4.79 Å². The summed E-state index contributed by atoms with van der Waals surface area (Å²) < 4.78 is 42.7. The summed E-state index contributed by atoms with van der Waals surface area (Å²) in [5.74, 6) is -2.01. The van der Waals surface area contributed by atoms with Crippen molar-refractivity contribution < 1.29 is 32.6 Å². The van der Waals surface area contributed by atoms with E-state index in [1.54, 1.807) is 18.2 Å². The second kappa shape index (κ2) is 10.4. The Hall–Kier alpha value is -3.42. The van der Waals surface area contributed by atoms with E-state index < -0.39 is 29.6 Å². The third kappa shape index (κ3) is 6.58. The van der Waals surface area contributed by atoms with Crippen LogP contribution in [-0.4, -0.2) is 31.2 Å². The normalized spacial score (nSPS) is 12.0. The number of ether oxygens (including phenoxy) is 3. The van der Waals surface area contributed by atoms with E-state index in [1.165, 1.54) is 20.1 Å². The molecule has 1 atom stereocenters. The van der Waals surface area contributed by atoms with Crippen molar-refractivity contribution in [2.75, 3.05) is 12.4 Å². The molecule has 0 saturated carbocycles. The van der Waals surface area contributed by atoms with Crippen LogP contribution in [0.1, 0.15) is 26.3 Å². The first-order chi connectivity index (χ1) is 14.2. The van der Waals surface area contributed by atoms with Gasteiger partial charge in [-0.1, -0.05) is 6.07 Å². The molecule has 1 N–H and O–H groups in total. The molecular formula is C22H23F2NO5. The van der Waals surface area contributed by atoms with E-state index >= 15 is 0 Å². The van der Waals surface area contributed by atoms with Crippen LogP contribution in [0, 0.1) is 11.6 Å². The molecule has 0 spiro atoms. The van der Waals surface area contributed by atoms with Gasteiger partial charge in [-0.15, -0.1) is 0 Å². The molecule has 0 aliphatic rings. The van der Waals surface area contributed by atoms with Gasteiger partial charge in [0.05, 0.1) is 18.9 Å². The van der Waals surface area contributed by atoms with Crippen molar-refractivity contribution in [1.29, 1.82) is 0 Å². The van der Waals surface area contributed by atoms with Crippen molar-refractivity contribution in [3.63, 3.8) is 0 Å². The number of amides is 1. The minimum Gasteiger partial charge on any atom is -0.493 e. The molecule has 0 aliphatic carbocycles. The maximum absolute atomic E-state index is 13.6. The fourth-order valence-electron chi connectivity index (χ4n) is 2.40. The van der Waals surface area contributed by atoms with Crippen LogP contribution in [0.5, 0.6) is 11.5 Å². The Morgan fingerprint density at radius 3 is 2.43 bits per heavy atom. The molecule has 30 heavy (non-hydrogen) atoms. The molecule has 2 rings (SSSR count). The van der Waals surface area contributed by atoms with Gasteiger partial charge < -0.3 is 19.5 Å². The summed E-state index contributed by atoms with van der Waals surface area (Å²) in [6, 6.07) is 7.78. The van der Waals surface area contributed by atoms with Crippen molar-refractivity contribution in [3.8, 4) is 11.5 Å². The van der Waals surface area contributed by atoms with E-state index in [-0.39, 0.29) is 11.8 Å². The SMILES string of the molecule is COc1cc(/C=C/C(=O)O[C@H](C)C(=O)Nc2cc(F)ccc2F)ccc1OC(C)C. The molecule has 0 unspecified atom stereocenters. The van der Waals surface area contributed by atoms with Crippen LogP contribution in [0.15, 0.2) is 42.5 Å². The summed E-state index contributed by atoms with van der Waals surface area (Å²) in [6.07, 6.45) is 1.38. The molecule has 8 heteroatoms. The third-order valence-corrected chi connectivity index (χ3v) is 3.81. The van der Waals surface area contributed by atoms with Crippen molar-refractivity contribution >= 4 is 23.6 Å². The van der Waals surface area contributed by atoms with Gasteiger partial charge in [-0.25, -0.2) is 13.6 Å². The molecule has 0 fully saturated rings. The average Bonchev–Trinajstić information content (AvgIpc) is 2.69. The first-order valence-electron chi connectivity index (χ1n) is 9.19. The monoisotopic (exact) mass is 419 g/mol. The Kier molecular flexibility index (Phi) is 7.91. The molecular weight excluding hydrogens is 396 g/mol. The third-order valence-electron chi connectivity index (χ3n) is 3.81. The second-order valence-electron chi connectivity index (χ2n) is 6.60. The molecule has 6 nitrogen and oxygen atoms in total. The highest BCUT2D eigenvalue weighted by Gasteiger charge is 2.18. The van der Waals surface area contributed by atoms with Crippen molar-refractivity contribution in [3.05, 3.63) is 59.7 Å². The van der Waals surface area contributed by atoms with Crippen LogP contribution in [0.2, 0.25) is 0 Å². The van der Waals surface area contributed by atoms with Crippen LogP contribution < -0.4 is 14.8 Å². The molecule has 0 bridgehead atoms. The van der Waals surface area contributed by atoms with E-state index in [4.69, 9.17) is 14.2 Å². The lowest BCUT2D eigenvalue weighted by Crippen LogP contribution is -2.29. The largest absolute Gasteiger partial charge is 0.493 e. The number of benzene rings is 2. The van der Waals surface area contributed by atoms with E-state index in [0.717, 1.165) is 24.3 Å². The summed E-state index contributed by atoms with van der Waals surface area (Å²) >= 11 is 0. The minimum atomic E-state index is -1.22. The average molecular weight is 419 g/mol. The Morgan fingerprint density at radius 1 is 1.03 bits per heavy atom. The molecule has 1 amide bonds. The number of nitrogens with one attached hydrogen (secondary N) is 1. The summed E-state index contributed by atoms with van der Waals surface area (Å²) in [6.45, 7) is 5.10. The Morgan fingerprint density at radius 2 is 1.77 bits per heavy atom. The zero-order valence-electron chi connectivity index (χ0n) is 17.1. The molecule has 160 valence electrons. The van der Waals surface area contributed by atoms with Gasteiger partial charge in [0.25, 0.3) is 5.91 Å². The highest BCUT2D eigenvalue weighted by molar-refractivity contribution is 5.96. The molecule has 2 aromatic carbocycles. The Balaban J connectivity index is 1.98. The van der Waals surface area contributed by atoms with Gasteiger partial charge in [-0.2, -0.15) is 0 Å². The highest BCUT2D eigenvalue weighted by atomic mass is 19.1. The van der Waals surface area contributed by atoms with Gasteiger partial charge in [0, 0.05) is 12.1 Å².